The van der Waals surface area contributed by atoms with Gasteiger partial charge in [-0.3, -0.25) is 4.79 Å². The fourth-order valence-electron chi connectivity index (χ4n) is 1.00. The van der Waals surface area contributed by atoms with Crippen molar-refractivity contribution in [2.75, 3.05) is 0 Å². The molecule has 0 radical (unpaired) electrons. The number of Topliss-reactive ketones (excluding diaryl/α,β-unsaturated/α-hetero) is 1. The Labute approximate surface area is 87.1 Å². The van der Waals surface area contributed by atoms with Crippen molar-refractivity contribution >= 4 is 21.7 Å². The second kappa shape index (κ2) is 4.13. The highest BCUT2D eigenvalue weighted by Crippen LogP contribution is 2.28. The summed E-state index contributed by atoms with van der Waals surface area (Å²) >= 11 is 2.93. The van der Waals surface area contributed by atoms with Gasteiger partial charge in [0.1, 0.15) is 5.82 Å². The van der Waals surface area contributed by atoms with Crippen LogP contribution in [0.2, 0.25) is 0 Å². The summed E-state index contributed by atoms with van der Waals surface area (Å²) in [5, 5.41) is 0. The first-order valence-corrected chi connectivity index (χ1v) is 4.50. The number of benzene rings is 1. The monoisotopic (exact) mass is 266 g/mol. The Hall–Kier alpha value is -0.840. The van der Waals surface area contributed by atoms with Crippen molar-refractivity contribution in [3.8, 4) is 0 Å². The van der Waals surface area contributed by atoms with Gasteiger partial charge in [-0.05, 0) is 35.0 Å². The summed E-state index contributed by atoms with van der Waals surface area (Å²) < 4.78 is 37.6. The van der Waals surface area contributed by atoms with Crippen molar-refractivity contribution in [3.05, 3.63) is 33.5 Å². The van der Waals surface area contributed by atoms with Crippen LogP contribution in [0.1, 0.15) is 29.3 Å². The molecule has 1 aromatic carbocycles. The topological polar surface area (TPSA) is 17.1 Å². The first-order valence-electron chi connectivity index (χ1n) is 3.71. The molecule has 0 atom stereocenters. The van der Waals surface area contributed by atoms with Crippen molar-refractivity contribution in [2.45, 2.75) is 13.3 Å². The van der Waals surface area contributed by atoms with Crippen LogP contribution in [0.5, 0.6) is 0 Å². The Bertz CT molecular complexity index is 377. The molecule has 14 heavy (non-hydrogen) atoms. The second-order valence-electron chi connectivity index (χ2n) is 2.71. The number of hydrogen-bond donors (Lipinski definition) is 0. The average molecular weight is 267 g/mol. The lowest BCUT2D eigenvalue weighted by atomic mass is 10.1. The van der Waals surface area contributed by atoms with E-state index in [0.29, 0.717) is 0 Å². The van der Waals surface area contributed by atoms with Crippen LogP contribution >= 0.6 is 15.9 Å². The molecule has 5 heteroatoms. The zero-order chi connectivity index (χ0) is 10.9. The molecule has 0 bridgehead atoms. The van der Waals surface area contributed by atoms with Gasteiger partial charge in [0, 0.05) is 10.0 Å². The number of carbonyl (C=O) groups excluding carboxylic acids is 1. The van der Waals surface area contributed by atoms with E-state index in [1.807, 2.05) is 0 Å². The second-order valence-corrected chi connectivity index (χ2v) is 3.56. The third-order valence-electron chi connectivity index (χ3n) is 1.70. The van der Waals surface area contributed by atoms with Crippen LogP contribution in [-0.4, -0.2) is 5.78 Å². The summed E-state index contributed by atoms with van der Waals surface area (Å²) in [6, 6.07) is 1.74. The Morgan fingerprint density at radius 2 is 2.00 bits per heavy atom. The maximum atomic E-state index is 12.9. The molecule has 76 valence electrons. The Morgan fingerprint density at radius 3 is 2.43 bits per heavy atom. The molecule has 0 saturated heterocycles. The lowest BCUT2D eigenvalue weighted by Crippen LogP contribution is -1.99. The van der Waals surface area contributed by atoms with Gasteiger partial charge in [0.2, 0.25) is 0 Å². The highest BCUT2D eigenvalue weighted by atomic mass is 79.9. The van der Waals surface area contributed by atoms with Crippen LogP contribution in [0.25, 0.3) is 0 Å². The molecule has 0 heterocycles. The first kappa shape index (κ1) is 11.2. The molecule has 0 aliphatic heterocycles. The largest absolute Gasteiger partial charge is 0.294 e. The molecular weight excluding hydrogens is 261 g/mol. The SMILES string of the molecule is CC(=O)c1cc(C(F)F)c(F)cc1Br. The van der Waals surface area contributed by atoms with Crippen LogP contribution in [-0.2, 0) is 0 Å². The van der Waals surface area contributed by atoms with Gasteiger partial charge in [0.25, 0.3) is 6.43 Å². The number of carbonyl (C=O) groups is 1. The zero-order valence-corrected chi connectivity index (χ0v) is 8.74. The predicted octanol–water partition coefficient (Wildman–Crippen LogP) is 3.73. The molecule has 1 nitrogen and oxygen atoms in total. The van der Waals surface area contributed by atoms with Crippen molar-refractivity contribution in [1.29, 1.82) is 0 Å². The highest BCUT2D eigenvalue weighted by molar-refractivity contribution is 9.10. The van der Waals surface area contributed by atoms with Gasteiger partial charge in [-0.1, -0.05) is 0 Å². The van der Waals surface area contributed by atoms with E-state index in [1.54, 1.807) is 0 Å². The molecule has 0 spiro atoms. The van der Waals surface area contributed by atoms with Gasteiger partial charge < -0.3 is 0 Å². The van der Waals surface area contributed by atoms with Crippen molar-refractivity contribution in [3.63, 3.8) is 0 Å². The fraction of sp³-hybridized carbons (Fsp3) is 0.222. The van der Waals surface area contributed by atoms with Crippen LogP contribution in [0.4, 0.5) is 13.2 Å². The van der Waals surface area contributed by atoms with Crippen molar-refractivity contribution in [1.82, 2.24) is 0 Å². The summed E-state index contributed by atoms with van der Waals surface area (Å²) in [6.45, 7) is 1.23. The molecule has 1 rings (SSSR count). The number of halogens is 4. The lowest BCUT2D eigenvalue weighted by Gasteiger charge is -2.05. The third-order valence-corrected chi connectivity index (χ3v) is 2.36. The summed E-state index contributed by atoms with van der Waals surface area (Å²) in [6.07, 6.45) is -2.92. The lowest BCUT2D eigenvalue weighted by molar-refractivity contribution is 0.101. The molecule has 0 aliphatic carbocycles. The Kier molecular flexibility index (Phi) is 3.31. The molecule has 0 fully saturated rings. The summed E-state index contributed by atoms with van der Waals surface area (Å²) in [5.74, 6) is -1.41. The zero-order valence-electron chi connectivity index (χ0n) is 7.15. The van der Waals surface area contributed by atoms with Crippen molar-refractivity contribution in [2.24, 2.45) is 0 Å². The first-order chi connectivity index (χ1) is 6.43. The van der Waals surface area contributed by atoms with E-state index in [0.717, 1.165) is 12.1 Å². The van der Waals surface area contributed by atoms with Gasteiger partial charge in [-0.15, -0.1) is 0 Å². The number of alkyl halides is 2. The third kappa shape index (κ3) is 2.15. The van der Waals surface area contributed by atoms with E-state index in [9.17, 15) is 18.0 Å². The highest BCUT2D eigenvalue weighted by Gasteiger charge is 2.17. The van der Waals surface area contributed by atoms with Gasteiger partial charge in [-0.25, -0.2) is 13.2 Å². The van der Waals surface area contributed by atoms with Crippen LogP contribution < -0.4 is 0 Å². The smallest absolute Gasteiger partial charge is 0.266 e. The quantitative estimate of drug-likeness (QED) is 0.746. The molecule has 0 unspecified atom stereocenters. The predicted molar refractivity (Wildman–Crippen MR) is 49.1 cm³/mol. The standard InChI is InChI=1S/C9H6BrF3O/c1-4(14)5-2-6(9(12)13)8(11)3-7(5)10/h2-3,9H,1H3. The normalized spacial score (nSPS) is 10.7. The Morgan fingerprint density at radius 1 is 1.43 bits per heavy atom. The Balaban J connectivity index is 3.34. The van der Waals surface area contributed by atoms with E-state index >= 15 is 0 Å². The summed E-state index contributed by atoms with van der Waals surface area (Å²) in [4.78, 5) is 11.0. The number of rotatable bonds is 2. The molecular formula is C9H6BrF3O. The van der Waals surface area contributed by atoms with E-state index in [4.69, 9.17) is 0 Å². The van der Waals surface area contributed by atoms with Crippen molar-refractivity contribution < 1.29 is 18.0 Å². The molecule has 0 saturated carbocycles. The minimum Gasteiger partial charge on any atom is -0.294 e. The van der Waals surface area contributed by atoms with Crippen LogP contribution in [0, 0.1) is 5.82 Å². The maximum Gasteiger partial charge on any atom is 0.266 e. The maximum absolute atomic E-state index is 12.9. The molecule has 0 aliphatic rings. The van der Waals surface area contributed by atoms with Crippen LogP contribution in [0.3, 0.4) is 0 Å². The summed E-state index contributed by atoms with van der Waals surface area (Å²) in [7, 11) is 0. The minimum absolute atomic E-state index is 0.0571. The van der Waals surface area contributed by atoms with Crippen LogP contribution in [0.15, 0.2) is 16.6 Å². The summed E-state index contributed by atoms with van der Waals surface area (Å²) in [5.41, 5.74) is -0.694. The van der Waals surface area contributed by atoms with E-state index in [2.05, 4.69) is 15.9 Å². The molecule has 0 aromatic heterocycles. The van der Waals surface area contributed by atoms with Gasteiger partial charge in [0.05, 0.1) is 5.56 Å². The number of ketones is 1. The van der Waals surface area contributed by atoms with E-state index < -0.39 is 23.6 Å². The minimum atomic E-state index is -2.92. The molecule has 0 amide bonds. The van der Waals surface area contributed by atoms with Gasteiger partial charge >= 0.3 is 0 Å². The number of hydrogen-bond acceptors (Lipinski definition) is 1. The van der Waals surface area contributed by atoms with E-state index in [-0.39, 0.29) is 10.0 Å². The van der Waals surface area contributed by atoms with E-state index in [1.165, 1.54) is 6.92 Å². The molecule has 0 N–H and O–H groups in total. The van der Waals surface area contributed by atoms with Gasteiger partial charge in [-0.2, -0.15) is 0 Å². The average Bonchev–Trinajstić information content (AvgIpc) is 2.02. The van der Waals surface area contributed by atoms with Gasteiger partial charge in [0.15, 0.2) is 5.78 Å². The fourth-order valence-corrected chi connectivity index (χ4v) is 1.60. The molecule has 1 aromatic rings.